The zero-order valence-corrected chi connectivity index (χ0v) is 15.5. The monoisotopic (exact) mass is 355 g/mol. The zero-order valence-electron chi connectivity index (χ0n) is 15.5. The molecule has 3 rings (SSSR count). The molecule has 2 aliphatic rings. The highest BCUT2D eigenvalue weighted by atomic mass is 16.2. The van der Waals surface area contributed by atoms with Gasteiger partial charge in [0.15, 0.2) is 0 Å². The number of rotatable bonds is 4. The van der Waals surface area contributed by atoms with Crippen LogP contribution in [0.5, 0.6) is 0 Å². The molecule has 1 saturated heterocycles. The number of nitrogens with zero attached hydrogens (tertiary/aromatic N) is 2. The molecule has 1 aromatic carbocycles. The topological polar surface area (TPSA) is 78.8 Å². The minimum Gasteiger partial charge on any atom is -0.274 e. The Labute approximate surface area is 153 Å². The Morgan fingerprint density at radius 2 is 1.62 bits per heavy atom. The van der Waals surface area contributed by atoms with Crippen LogP contribution in [0.4, 0.5) is 5.69 Å². The summed E-state index contributed by atoms with van der Waals surface area (Å²) in [5.41, 5.74) is 4.63. The van der Waals surface area contributed by atoms with E-state index in [1.165, 1.54) is 4.90 Å². The summed E-state index contributed by atoms with van der Waals surface area (Å²) < 4.78 is 0. The lowest BCUT2D eigenvalue weighted by Gasteiger charge is -2.19. The lowest BCUT2D eigenvalue weighted by Crippen LogP contribution is -2.30. The van der Waals surface area contributed by atoms with Crippen molar-refractivity contribution in [1.29, 1.82) is 0 Å². The van der Waals surface area contributed by atoms with Gasteiger partial charge in [0.05, 0.1) is 23.2 Å². The number of anilines is 1. The van der Waals surface area contributed by atoms with E-state index in [0.29, 0.717) is 11.4 Å². The molecule has 1 saturated carbocycles. The number of hydrogen-bond acceptors (Lipinski definition) is 4. The molecule has 1 aromatic rings. The number of imide groups is 1. The average Bonchev–Trinajstić information content (AvgIpc) is 2.90. The van der Waals surface area contributed by atoms with E-state index in [1.54, 1.807) is 32.9 Å². The highest BCUT2D eigenvalue weighted by Crippen LogP contribution is 2.40. The van der Waals surface area contributed by atoms with Gasteiger partial charge in [0, 0.05) is 5.92 Å². The number of carbonyl (C=O) groups excluding carboxylic acids is 3. The van der Waals surface area contributed by atoms with Gasteiger partial charge in [-0.25, -0.2) is 5.43 Å². The van der Waals surface area contributed by atoms with Gasteiger partial charge in [0.2, 0.25) is 17.7 Å². The predicted octanol–water partition coefficient (Wildman–Crippen LogP) is 2.86. The Morgan fingerprint density at radius 1 is 1.08 bits per heavy atom. The minimum atomic E-state index is -0.148. The van der Waals surface area contributed by atoms with Gasteiger partial charge in [-0.1, -0.05) is 38.8 Å². The maximum Gasteiger partial charge on any atom is 0.242 e. The molecule has 6 nitrogen and oxygen atoms in total. The van der Waals surface area contributed by atoms with E-state index in [-0.39, 0.29) is 35.5 Å². The fourth-order valence-corrected chi connectivity index (χ4v) is 3.60. The second kappa shape index (κ2) is 7.40. The Morgan fingerprint density at radius 3 is 2.12 bits per heavy atom. The van der Waals surface area contributed by atoms with Crippen LogP contribution in [0.1, 0.15) is 52.0 Å². The van der Waals surface area contributed by atoms with Gasteiger partial charge in [-0.05, 0) is 37.5 Å². The summed E-state index contributed by atoms with van der Waals surface area (Å²) in [5, 5.41) is 4.10. The van der Waals surface area contributed by atoms with Crippen LogP contribution in [0.3, 0.4) is 0 Å². The van der Waals surface area contributed by atoms with Crippen molar-refractivity contribution in [3.8, 4) is 0 Å². The third kappa shape index (κ3) is 3.41. The smallest absolute Gasteiger partial charge is 0.242 e. The number of carbonyl (C=O) groups is 3. The van der Waals surface area contributed by atoms with Gasteiger partial charge >= 0.3 is 0 Å². The van der Waals surface area contributed by atoms with E-state index in [9.17, 15) is 14.4 Å². The van der Waals surface area contributed by atoms with Gasteiger partial charge in [0.25, 0.3) is 0 Å². The number of hydrogen-bond donors (Lipinski definition) is 1. The molecule has 1 heterocycles. The fraction of sp³-hybridized carbons (Fsp3) is 0.500. The van der Waals surface area contributed by atoms with Crippen molar-refractivity contribution in [2.45, 2.75) is 46.5 Å². The third-order valence-electron chi connectivity index (χ3n) is 5.24. The Hall–Kier alpha value is -2.50. The van der Waals surface area contributed by atoms with E-state index < -0.39 is 0 Å². The molecule has 1 aliphatic carbocycles. The summed E-state index contributed by atoms with van der Waals surface area (Å²) in [7, 11) is 0. The molecule has 0 spiro atoms. The summed E-state index contributed by atoms with van der Waals surface area (Å²) in [4.78, 5) is 38.2. The maximum absolute atomic E-state index is 12.6. The molecule has 1 N–H and O–H groups in total. The Bertz CT molecular complexity index is 728. The molecule has 26 heavy (non-hydrogen) atoms. The van der Waals surface area contributed by atoms with Gasteiger partial charge in [0.1, 0.15) is 0 Å². The molecule has 2 atom stereocenters. The number of benzene rings is 1. The molecule has 0 bridgehead atoms. The molecule has 6 heteroatoms. The van der Waals surface area contributed by atoms with Crippen molar-refractivity contribution >= 4 is 29.1 Å². The summed E-state index contributed by atoms with van der Waals surface area (Å²) in [6, 6.07) is 7.17. The maximum atomic E-state index is 12.6. The van der Waals surface area contributed by atoms with E-state index in [4.69, 9.17) is 0 Å². The number of nitrogens with one attached hydrogen (secondary N) is 1. The molecule has 3 amide bonds. The predicted molar refractivity (Wildman–Crippen MR) is 99.6 cm³/mol. The van der Waals surface area contributed by atoms with E-state index in [0.717, 1.165) is 31.2 Å². The summed E-state index contributed by atoms with van der Waals surface area (Å²) >= 11 is 0. The van der Waals surface area contributed by atoms with Crippen molar-refractivity contribution in [1.82, 2.24) is 5.43 Å². The first-order valence-electron chi connectivity index (χ1n) is 9.22. The molecular weight excluding hydrogens is 330 g/mol. The Kier molecular flexibility index (Phi) is 5.20. The van der Waals surface area contributed by atoms with Gasteiger partial charge < -0.3 is 0 Å². The van der Waals surface area contributed by atoms with Crippen molar-refractivity contribution < 1.29 is 14.4 Å². The molecule has 1 aliphatic heterocycles. The molecule has 2 fully saturated rings. The van der Waals surface area contributed by atoms with E-state index >= 15 is 0 Å². The first kappa shape index (κ1) is 18.3. The van der Waals surface area contributed by atoms with Crippen molar-refractivity contribution in [3.63, 3.8) is 0 Å². The van der Waals surface area contributed by atoms with E-state index in [1.807, 2.05) is 12.1 Å². The van der Waals surface area contributed by atoms with E-state index in [2.05, 4.69) is 10.5 Å². The standard InChI is InChI=1S/C20H25N3O3/c1-12(2)18(24)22-21-13(3)14-8-10-15(11-9-14)23-19(25)16-6-4-5-7-17(16)20(23)26/h8-12,16-17H,4-7H2,1-3H3,(H,22,24)/b21-13+. The normalized spacial score (nSPS) is 23.4. The van der Waals surface area contributed by atoms with Crippen LogP contribution >= 0.6 is 0 Å². The average molecular weight is 355 g/mol. The van der Waals surface area contributed by atoms with Crippen molar-refractivity contribution in [2.75, 3.05) is 4.90 Å². The lowest BCUT2D eigenvalue weighted by molar-refractivity contribution is -0.124. The van der Waals surface area contributed by atoms with Gasteiger partial charge in [-0.2, -0.15) is 5.10 Å². The lowest BCUT2D eigenvalue weighted by atomic mass is 9.81. The first-order chi connectivity index (χ1) is 12.4. The molecule has 138 valence electrons. The van der Waals surface area contributed by atoms with Gasteiger partial charge in [-0.15, -0.1) is 0 Å². The fourth-order valence-electron chi connectivity index (χ4n) is 3.60. The second-order valence-electron chi connectivity index (χ2n) is 7.38. The first-order valence-corrected chi connectivity index (χ1v) is 9.22. The van der Waals surface area contributed by atoms with Crippen LogP contribution in [0, 0.1) is 17.8 Å². The van der Waals surface area contributed by atoms with Crippen LogP contribution in [-0.2, 0) is 14.4 Å². The summed E-state index contributed by atoms with van der Waals surface area (Å²) in [5.74, 6) is -0.707. The molecule has 0 aromatic heterocycles. The zero-order chi connectivity index (χ0) is 18.8. The van der Waals surface area contributed by atoms with Crippen molar-refractivity contribution in [3.05, 3.63) is 29.8 Å². The third-order valence-corrected chi connectivity index (χ3v) is 5.24. The highest BCUT2D eigenvalue weighted by molar-refractivity contribution is 6.22. The quantitative estimate of drug-likeness (QED) is 0.512. The Balaban J connectivity index is 1.75. The van der Waals surface area contributed by atoms with Crippen LogP contribution in [-0.4, -0.2) is 23.4 Å². The van der Waals surface area contributed by atoms with Gasteiger partial charge in [-0.3, -0.25) is 19.3 Å². The van der Waals surface area contributed by atoms with Crippen molar-refractivity contribution in [2.24, 2.45) is 22.9 Å². The largest absolute Gasteiger partial charge is 0.274 e. The summed E-state index contributed by atoms with van der Waals surface area (Å²) in [6.45, 7) is 5.41. The number of fused-ring (bicyclic) bond motifs is 1. The summed E-state index contributed by atoms with van der Waals surface area (Å²) in [6.07, 6.45) is 3.66. The van der Waals surface area contributed by atoms with Crippen LogP contribution in [0.25, 0.3) is 0 Å². The second-order valence-corrected chi connectivity index (χ2v) is 7.38. The molecular formula is C20H25N3O3. The molecule has 2 unspecified atom stereocenters. The minimum absolute atomic E-state index is 0.0676. The highest BCUT2D eigenvalue weighted by Gasteiger charge is 2.48. The van der Waals surface area contributed by atoms with Crippen LogP contribution < -0.4 is 10.3 Å². The van der Waals surface area contributed by atoms with Crippen LogP contribution in [0.2, 0.25) is 0 Å². The number of amides is 3. The number of hydrazone groups is 1. The van der Waals surface area contributed by atoms with Crippen LogP contribution in [0.15, 0.2) is 29.4 Å². The SMILES string of the molecule is C/C(=N\NC(=O)C(C)C)c1ccc(N2C(=O)C3CCCCC3C2=O)cc1. The molecule has 0 radical (unpaired) electrons.